The number of hydrogen-bond donors (Lipinski definition) is 0. The van der Waals surface area contributed by atoms with Gasteiger partial charge in [0.05, 0.1) is 29.0 Å². The molecule has 8 heteroatoms. The standard InChI is InChI=1S/C14H14BrN3O3S/c15-12-1-3-13(4-2-12)18-10-11(9-16-18)14(19)17-5-7-22(20,21)8-6-17/h1-4,9-10H,5-8H2. The lowest BCUT2D eigenvalue weighted by molar-refractivity contribution is 0.0770. The van der Waals surface area contributed by atoms with Crippen LogP contribution in [0, 0.1) is 0 Å². The van der Waals surface area contributed by atoms with E-state index in [1.54, 1.807) is 15.8 Å². The Hall–Kier alpha value is -1.67. The number of aromatic nitrogens is 2. The fraction of sp³-hybridized carbons (Fsp3) is 0.286. The molecule has 1 aromatic carbocycles. The van der Waals surface area contributed by atoms with Crippen molar-refractivity contribution in [2.75, 3.05) is 24.6 Å². The fourth-order valence-electron chi connectivity index (χ4n) is 2.27. The van der Waals surface area contributed by atoms with Crippen molar-refractivity contribution in [2.45, 2.75) is 0 Å². The highest BCUT2D eigenvalue weighted by Crippen LogP contribution is 2.15. The lowest BCUT2D eigenvalue weighted by Crippen LogP contribution is -2.43. The summed E-state index contributed by atoms with van der Waals surface area (Å²) in [4.78, 5) is 13.9. The van der Waals surface area contributed by atoms with Gasteiger partial charge in [-0.15, -0.1) is 0 Å². The predicted molar refractivity (Wildman–Crippen MR) is 85.8 cm³/mol. The molecule has 2 aromatic rings. The molecular formula is C14H14BrN3O3S. The molecule has 0 saturated carbocycles. The lowest BCUT2D eigenvalue weighted by atomic mass is 10.3. The molecule has 6 nitrogen and oxygen atoms in total. The molecule has 1 fully saturated rings. The maximum atomic E-state index is 12.4. The van der Waals surface area contributed by atoms with Crippen LogP contribution in [0.4, 0.5) is 0 Å². The summed E-state index contributed by atoms with van der Waals surface area (Å²) in [5, 5.41) is 4.20. The Kier molecular flexibility index (Phi) is 4.05. The van der Waals surface area contributed by atoms with Crippen molar-refractivity contribution in [1.82, 2.24) is 14.7 Å². The van der Waals surface area contributed by atoms with Gasteiger partial charge in [0.1, 0.15) is 0 Å². The first kappa shape index (κ1) is 15.2. The van der Waals surface area contributed by atoms with E-state index >= 15 is 0 Å². The Bertz CT molecular complexity index is 785. The van der Waals surface area contributed by atoms with Gasteiger partial charge in [-0.25, -0.2) is 13.1 Å². The molecular weight excluding hydrogens is 370 g/mol. The lowest BCUT2D eigenvalue weighted by Gasteiger charge is -2.26. The third-order valence-corrected chi connectivity index (χ3v) is 5.69. The van der Waals surface area contributed by atoms with Crippen molar-refractivity contribution < 1.29 is 13.2 Å². The molecule has 1 aliphatic rings. The largest absolute Gasteiger partial charge is 0.337 e. The van der Waals surface area contributed by atoms with E-state index in [-0.39, 0.29) is 30.5 Å². The van der Waals surface area contributed by atoms with Crippen LogP contribution in [-0.2, 0) is 9.84 Å². The van der Waals surface area contributed by atoms with Crippen LogP contribution in [0.1, 0.15) is 10.4 Å². The molecule has 116 valence electrons. The summed E-state index contributed by atoms with van der Waals surface area (Å²) in [6, 6.07) is 7.57. The Morgan fingerprint density at radius 3 is 2.41 bits per heavy atom. The summed E-state index contributed by atoms with van der Waals surface area (Å²) in [7, 11) is -2.99. The monoisotopic (exact) mass is 383 g/mol. The summed E-state index contributed by atoms with van der Waals surface area (Å²) >= 11 is 3.37. The Labute approximate surface area is 136 Å². The van der Waals surface area contributed by atoms with E-state index < -0.39 is 9.84 Å². The minimum Gasteiger partial charge on any atom is -0.337 e. The first-order chi connectivity index (χ1) is 10.4. The zero-order valence-corrected chi connectivity index (χ0v) is 14.0. The van der Waals surface area contributed by atoms with Gasteiger partial charge >= 0.3 is 0 Å². The Morgan fingerprint density at radius 1 is 1.14 bits per heavy atom. The molecule has 22 heavy (non-hydrogen) atoms. The van der Waals surface area contributed by atoms with Crippen LogP contribution >= 0.6 is 15.9 Å². The van der Waals surface area contributed by atoms with Gasteiger partial charge in [-0.3, -0.25) is 4.79 Å². The first-order valence-corrected chi connectivity index (χ1v) is 9.36. The number of amides is 1. The average Bonchev–Trinajstić information content (AvgIpc) is 2.97. The van der Waals surface area contributed by atoms with E-state index in [0.717, 1.165) is 10.2 Å². The number of carbonyl (C=O) groups is 1. The smallest absolute Gasteiger partial charge is 0.257 e. The van der Waals surface area contributed by atoms with Gasteiger partial charge in [-0.2, -0.15) is 5.10 Å². The van der Waals surface area contributed by atoms with Gasteiger partial charge in [-0.05, 0) is 24.3 Å². The third kappa shape index (κ3) is 3.22. The molecule has 0 bridgehead atoms. The summed E-state index contributed by atoms with van der Waals surface area (Å²) in [5.41, 5.74) is 1.31. The number of hydrogen-bond acceptors (Lipinski definition) is 4. The molecule has 1 aliphatic heterocycles. The Balaban J connectivity index is 1.76. The molecule has 1 aromatic heterocycles. The van der Waals surface area contributed by atoms with Crippen molar-refractivity contribution in [3.63, 3.8) is 0 Å². The number of carbonyl (C=O) groups excluding carboxylic acids is 1. The van der Waals surface area contributed by atoms with Crippen LogP contribution in [0.15, 0.2) is 41.1 Å². The molecule has 0 aliphatic carbocycles. The SMILES string of the molecule is O=C(c1cnn(-c2ccc(Br)cc2)c1)N1CCS(=O)(=O)CC1. The number of rotatable bonds is 2. The molecule has 0 unspecified atom stereocenters. The highest BCUT2D eigenvalue weighted by atomic mass is 79.9. The van der Waals surface area contributed by atoms with Crippen LogP contribution < -0.4 is 0 Å². The van der Waals surface area contributed by atoms with Crippen molar-refractivity contribution in [2.24, 2.45) is 0 Å². The summed E-state index contributed by atoms with van der Waals surface area (Å²) in [5.74, 6) is -0.127. The quantitative estimate of drug-likeness (QED) is 0.787. The predicted octanol–water partition coefficient (Wildman–Crippen LogP) is 1.51. The topological polar surface area (TPSA) is 72.3 Å². The highest BCUT2D eigenvalue weighted by molar-refractivity contribution is 9.10. The van der Waals surface area contributed by atoms with Gasteiger partial charge in [0.2, 0.25) is 0 Å². The Morgan fingerprint density at radius 2 is 1.77 bits per heavy atom. The molecule has 0 spiro atoms. The van der Waals surface area contributed by atoms with Crippen LogP contribution in [-0.4, -0.2) is 53.6 Å². The molecule has 0 atom stereocenters. The van der Waals surface area contributed by atoms with E-state index in [0.29, 0.717) is 5.56 Å². The van der Waals surface area contributed by atoms with Crippen molar-refractivity contribution in [3.8, 4) is 5.69 Å². The highest BCUT2D eigenvalue weighted by Gasteiger charge is 2.26. The summed E-state index contributed by atoms with van der Waals surface area (Å²) in [6.07, 6.45) is 3.17. The second-order valence-electron chi connectivity index (χ2n) is 5.09. The van der Waals surface area contributed by atoms with Crippen molar-refractivity contribution in [1.29, 1.82) is 0 Å². The molecule has 0 N–H and O–H groups in total. The normalized spacial score (nSPS) is 17.4. The van der Waals surface area contributed by atoms with Crippen molar-refractivity contribution >= 4 is 31.7 Å². The second-order valence-corrected chi connectivity index (χ2v) is 8.31. The number of benzene rings is 1. The summed E-state index contributed by atoms with van der Waals surface area (Å²) < 4.78 is 25.4. The van der Waals surface area contributed by atoms with Gasteiger partial charge in [0, 0.05) is 23.8 Å². The molecule has 0 radical (unpaired) electrons. The average molecular weight is 384 g/mol. The third-order valence-electron chi connectivity index (χ3n) is 3.55. The van der Waals surface area contributed by atoms with Crippen LogP contribution in [0.25, 0.3) is 5.69 Å². The number of halogens is 1. The van der Waals surface area contributed by atoms with Gasteiger partial charge < -0.3 is 4.90 Å². The molecule has 1 saturated heterocycles. The second kappa shape index (κ2) is 5.85. The number of nitrogens with zero attached hydrogens (tertiary/aromatic N) is 3. The molecule has 3 rings (SSSR count). The first-order valence-electron chi connectivity index (χ1n) is 6.75. The van der Waals surface area contributed by atoms with E-state index in [2.05, 4.69) is 21.0 Å². The minimum atomic E-state index is -2.99. The summed E-state index contributed by atoms with van der Waals surface area (Å²) in [6.45, 7) is 0.481. The van der Waals surface area contributed by atoms with Crippen LogP contribution in [0.2, 0.25) is 0 Å². The van der Waals surface area contributed by atoms with E-state index in [9.17, 15) is 13.2 Å². The van der Waals surface area contributed by atoms with E-state index in [1.165, 1.54) is 6.20 Å². The van der Waals surface area contributed by atoms with E-state index in [4.69, 9.17) is 0 Å². The maximum absolute atomic E-state index is 12.4. The van der Waals surface area contributed by atoms with Gasteiger partial charge in [-0.1, -0.05) is 15.9 Å². The zero-order valence-electron chi connectivity index (χ0n) is 11.6. The van der Waals surface area contributed by atoms with Crippen LogP contribution in [0.5, 0.6) is 0 Å². The maximum Gasteiger partial charge on any atom is 0.257 e. The van der Waals surface area contributed by atoms with E-state index in [1.807, 2.05) is 24.3 Å². The van der Waals surface area contributed by atoms with Gasteiger partial charge in [0.25, 0.3) is 5.91 Å². The number of sulfone groups is 1. The molecule has 1 amide bonds. The molecule has 2 heterocycles. The minimum absolute atomic E-state index is 0.0274. The van der Waals surface area contributed by atoms with Gasteiger partial charge in [0.15, 0.2) is 9.84 Å². The zero-order chi connectivity index (χ0) is 15.7. The van der Waals surface area contributed by atoms with Crippen LogP contribution in [0.3, 0.4) is 0 Å². The van der Waals surface area contributed by atoms with Crippen molar-refractivity contribution in [3.05, 3.63) is 46.7 Å². The fourth-order valence-corrected chi connectivity index (χ4v) is 3.73.